The molecule has 0 aliphatic rings. The standard InChI is InChI=1S/C28H50O11Si/c1-40(2,3)39-25-23-37-21-19-35-17-15-33-13-11-31-9-8-30-10-12-32-14-16-34-18-20-36-22-24-38-28-6-4-27(26-29)5-7-28/h4-7,26H,8-25H2,1-3H3. The van der Waals surface area contributed by atoms with Crippen molar-refractivity contribution in [3.63, 3.8) is 0 Å². The van der Waals surface area contributed by atoms with E-state index in [0.717, 1.165) is 6.29 Å². The van der Waals surface area contributed by atoms with E-state index >= 15 is 0 Å². The summed E-state index contributed by atoms with van der Waals surface area (Å²) in [5.74, 6) is 0.707. The third kappa shape index (κ3) is 25.5. The summed E-state index contributed by atoms with van der Waals surface area (Å²) >= 11 is 0. The summed E-state index contributed by atoms with van der Waals surface area (Å²) in [6.45, 7) is 15.9. The molecule has 1 rings (SSSR count). The molecule has 0 aliphatic carbocycles. The van der Waals surface area contributed by atoms with Crippen LogP contribution < -0.4 is 4.74 Å². The molecule has 0 aromatic heterocycles. The van der Waals surface area contributed by atoms with Crippen molar-refractivity contribution in [1.29, 1.82) is 0 Å². The lowest BCUT2D eigenvalue weighted by Gasteiger charge is -2.16. The van der Waals surface area contributed by atoms with Gasteiger partial charge in [0.2, 0.25) is 0 Å². The maximum Gasteiger partial charge on any atom is 0.183 e. The Labute approximate surface area is 240 Å². The number of aldehydes is 1. The van der Waals surface area contributed by atoms with Gasteiger partial charge in [0, 0.05) is 5.56 Å². The maximum absolute atomic E-state index is 10.6. The van der Waals surface area contributed by atoms with Gasteiger partial charge in [-0.1, -0.05) is 0 Å². The number of carbonyl (C=O) groups is 1. The minimum Gasteiger partial charge on any atom is -0.491 e. The number of hydrogen-bond donors (Lipinski definition) is 0. The van der Waals surface area contributed by atoms with Gasteiger partial charge >= 0.3 is 0 Å². The molecule has 0 fully saturated rings. The fraction of sp³-hybridized carbons (Fsp3) is 0.750. The Bertz CT molecular complexity index is 686. The van der Waals surface area contributed by atoms with E-state index in [9.17, 15) is 4.79 Å². The van der Waals surface area contributed by atoms with Crippen molar-refractivity contribution in [2.24, 2.45) is 0 Å². The molecule has 40 heavy (non-hydrogen) atoms. The first-order chi connectivity index (χ1) is 19.5. The number of benzene rings is 1. The lowest BCUT2D eigenvalue weighted by atomic mass is 10.2. The Morgan fingerprint density at radius 1 is 0.475 bits per heavy atom. The molecule has 0 aliphatic heterocycles. The molecule has 1 aromatic carbocycles. The minimum absolute atomic E-state index is 0.435. The van der Waals surface area contributed by atoms with Crippen LogP contribution in [0.15, 0.2) is 24.3 Å². The normalized spacial score (nSPS) is 11.7. The van der Waals surface area contributed by atoms with Crippen molar-refractivity contribution in [1.82, 2.24) is 0 Å². The summed E-state index contributed by atoms with van der Waals surface area (Å²) in [7, 11) is -1.45. The third-order valence-corrected chi connectivity index (χ3v) is 5.95. The molecule has 0 heterocycles. The molecule has 0 atom stereocenters. The molecular weight excluding hydrogens is 540 g/mol. The monoisotopic (exact) mass is 590 g/mol. The van der Waals surface area contributed by atoms with Gasteiger partial charge in [-0.3, -0.25) is 4.79 Å². The second kappa shape index (κ2) is 26.4. The van der Waals surface area contributed by atoms with Crippen LogP contribution in [0.1, 0.15) is 10.4 Å². The molecule has 0 unspecified atom stereocenters. The molecule has 0 bridgehead atoms. The zero-order chi connectivity index (χ0) is 29.0. The second-order valence-corrected chi connectivity index (χ2v) is 13.9. The molecule has 0 radical (unpaired) electrons. The van der Waals surface area contributed by atoms with Crippen molar-refractivity contribution in [3.05, 3.63) is 29.8 Å². The summed E-state index contributed by atoms with van der Waals surface area (Å²) in [5, 5.41) is 0. The highest BCUT2D eigenvalue weighted by atomic mass is 28.4. The number of carbonyl (C=O) groups excluding carboxylic acids is 1. The summed E-state index contributed by atoms with van der Waals surface area (Å²) in [6, 6.07) is 6.94. The lowest BCUT2D eigenvalue weighted by Crippen LogP contribution is -2.27. The zero-order valence-corrected chi connectivity index (χ0v) is 25.6. The largest absolute Gasteiger partial charge is 0.491 e. The molecule has 0 N–H and O–H groups in total. The van der Waals surface area contributed by atoms with E-state index < -0.39 is 8.32 Å². The SMILES string of the molecule is C[Si](C)(C)OCCOCCOCCOCCOCCOCCOCCOCCOCCOc1ccc(C=O)cc1. The van der Waals surface area contributed by atoms with E-state index in [1.54, 1.807) is 24.3 Å². The smallest absolute Gasteiger partial charge is 0.183 e. The van der Waals surface area contributed by atoms with Gasteiger partial charge < -0.3 is 47.1 Å². The van der Waals surface area contributed by atoms with E-state index in [1.807, 2.05) is 0 Å². The Morgan fingerprint density at radius 2 is 0.775 bits per heavy atom. The van der Waals surface area contributed by atoms with Crippen LogP contribution in [0.4, 0.5) is 0 Å². The van der Waals surface area contributed by atoms with Gasteiger partial charge in [-0.05, 0) is 43.9 Å². The van der Waals surface area contributed by atoms with Gasteiger partial charge in [-0.2, -0.15) is 0 Å². The first-order valence-corrected chi connectivity index (χ1v) is 17.4. The highest BCUT2D eigenvalue weighted by molar-refractivity contribution is 6.69. The molecule has 11 nitrogen and oxygen atoms in total. The quantitative estimate of drug-likeness (QED) is 0.0750. The predicted molar refractivity (Wildman–Crippen MR) is 153 cm³/mol. The van der Waals surface area contributed by atoms with E-state index in [1.165, 1.54) is 0 Å². The Hall–Kier alpha value is -1.45. The van der Waals surface area contributed by atoms with Crippen LogP contribution in [0.25, 0.3) is 0 Å². The fourth-order valence-corrected chi connectivity index (χ4v) is 3.61. The molecule has 232 valence electrons. The minimum atomic E-state index is -1.45. The van der Waals surface area contributed by atoms with E-state index in [0.29, 0.717) is 130 Å². The fourth-order valence-electron chi connectivity index (χ4n) is 2.91. The molecule has 0 saturated carbocycles. The average Bonchev–Trinajstić information content (AvgIpc) is 2.94. The number of rotatable bonds is 30. The highest BCUT2D eigenvalue weighted by Crippen LogP contribution is 2.10. The van der Waals surface area contributed by atoms with Crippen LogP contribution in [0.3, 0.4) is 0 Å². The highest BCUT2D eigenvalue weighted by Gasteiger charge is 2.13. The predicted octanol–water partition coefficient (Wildman–Crippen LogP) is 2.86. The van der Waals surface area contributed by atoms with Gasteiger partial charge in [0.15, 0.2) is 8.32 Å². The third-order valence-electron chi connectivity index (χ3n) is 4.88. The zero-order valence-electron chi connectivity index (χ0n) is 24.6. The topological polar surface area (TPSA) is 109 Å². The van der Waals surface area contributed by atoms with Crippen molar-refractivity contribution in [2.45, 2.75) is 19.6 Å². The van der Waals surface area contributed by atoms with Crippen molar-refractivity contribution in [2.75, 3.05) is 119 Å². The summed E-state index contributed by atoms with van der Waals surface area (Å²) in [5.41, 5.74) is 0.621. The molecule has 12 heteroatoms. The molecule has 0 spiro atoms. The first kappa shape index (κ1) is 36.6. The molecule has 0 saturated heterocycles. The van der Waals surface area contributed by atoms with Crippen molar-refractivity contribution < 1.29 is 51.9 Å². The lowest BCUT2D eigenvalue weighted by molar-refractivity contribution is -0.0241. The van der Waals surface area contributed by atoms with Gasteiger partial charge in [-0.25, -0.2) is 0 Å². The molecular formula is C28H50O11Si. The van der Waals surface area contributed by atoms with E-state index in [2.05, 4.69) is 19.6 Å². The van der Waals surface area contributed by atoms with Crippen molar-refractivity contribution in [3.8, 4) is 5.75 Å². The second-order valence-electron chi connectivity index (χ2n) is 9.40. The summed E-state index contributed by atoms with van der Waals surface area (Å²) < 4.78 is 54.9. The average molecular weight is 591 g/mol. The Morgan fingerprint density at radius 3 is 1.07 bits per heavy atom. The van der Waals surface area contributed by atoms with Crippen LogP contribution in [-0.4, -0.2) is 134 Å². The Kier molecular flexibility index (Phi) is 24.2. The number of hydrogen-bond acceptors (Lipinski definition) is 11. The molecule has 0 amide bonds. The van der Waals surface area contributed by atoms with Crippen LogP contribution in [-0.2, 0) is 42.3 Å². The number of ether oxygens (including phenoxy) is 9. The van der Waals surface area contributed by atoms with Gasteiger partial charge in [0.25, 0.3) is 0 Å². The summed E-state index contributed by atoms with van der Waals surface area (Å²) in [6.07, 6.45) is 0.800. The van der Waals surface area contributed by atoms with Crippen LogP contribution in [0, 0.1) is 0 Å². The van der Waals surface area contributed by atoms with E-state index in [4.69, 9.17) is 47.1 Å². The van der Waals surface area contributed by atoms with Crippen LogP contribution in [0.5, 0.6) is 5.75 Å². The molecule has 1 aromatic rings. The Balaban J connectivity index is 1.67. The van der Waals surface area contributed by atoms with Gasteiger partial charge in [0.05, 0.1) is 112 Å². The summed E-state index contributed by atoms with van der Waals surface area (Å²) in [4.78, 5) is 10.6. The van der Waals surface area contributed by atoms with Gasteiger partial charge in [0.1, 0.15) is 18.6 Å². The first-order valence-electron chi connectivity index (χ1n) is 14.0. The van der Waals surface area contributed by atoms with Crippen molar-refractivity contribution >= 4 is 14.6 Å². The van der Waals surface area contributed by atoms with Crippen LogP contribution >= 0.6 is 0 Å². The maximum atomic E-state index is 10.6. The van der Waals surface area contributed by atoms with E-state index in [-0.39, 0.29) is 0 Å². The van der Waals surface area contributed by atoms with Gasteiger partial charge in [-0.15, -0.1) is 0 Å². The van der Waals surface area contributed by atoms with Crippen LogP contribution in [0.2, 0.25) is 19.6 Å².